The van der Waals surface area contributed by atoms with Crippen LogP contribution in [-0.4, -0.2) is 23.8 Å². The van der Waals surface area contributed by atoms with Gasteiger partial charge in [0.05, 0.1) is 5.56 Å². The Hall–Kier alpha value is -3.42. The first-order valence-corrected chi connectivity index (χ1v) is 8.54. The van der Waals surface area contributed by atoms with Crippen molar-refractivity contribution < 1.29 is 32.3 Å². The Morgan fingerprint density at radius 1 is 1.07 bits per heavy atom. The van der Waals surface area contributed by atoms with Crippen LogP contribution in [0.25, 0.3) is 6.08 Å². The minimum Gasteiger partial charge on any atom is -0.449 e. The van der Waals surface area contributed by atoms with Gasteiger partial charge in [-0.2, -0.15) is 13.2 Å². The summed E-state index contributed by atoms with van der Waals surface area (Å²) < 4.78 is 43.0. The molecule has 152 valence electrons. The van der Waals surface area contributed by atoms with E-state index < -0.39 is 29.7 Å². The molecule has 1 atom stereocenters. The highest BCUT2D eigenvalue weighted by Crippen LogP contribution is 2.29. The Labute approximate surface area is 165 Å². The number of halogens is 3. The van der Waals surface area contributed by atoms with Gasteiger partial charge in [-0.05, 0) is 49.8 Å². The number of anilines is 1. The van der Waals surface area contributed by atoms with E-state index in [0.29, 0.717) is 11.3 Å². The predicted octanol–water partition coefficient (Wildman–Crippen LogP) is 4.49. The van der Waals surface area contributed by atoms with Crippen molar-refractivity contribution in [1.82, 2.24) is 0 Å². The number of alkyl halides is 3. The summed E-state index contributed by atoms with van der Waals surface area (Å²) in [7, 11) is 0. The third kappa shape index (κ3) is 6.60. The van der Waals surface area contributed by atoms with Gasteiger partial charge in [0.25, 0.3) is 5.91 Å². The number of carbonyl (C=O) groups is 3. The zero-order chi connectivity index (χ0) is 21.6. The molecule has 2 aromatic carbocycles. The minimum absolute atomic E-state index is 0.162. The molecule has 0 aliphatic heterocycles. The van der Waals surface area contributed by atoms with Crippen molar-refractivity contribution in [2.24, 2.45) is 0 Å². The second kappa shape index (κ2) is 9.18. The van der Waals surface area contributed by atoms with Crippen molar-refractivity contribution in [3.05, 3.63) is 71.3 Å². The van der Waals surface area contributed by atoms with Crippen molar-refractivity contribution in [3.8, 4) is 0 Å². The summed E-state index contributed by atoms with van der Waals surface area (Å²) in [5.41, 5.74) is 0.102. The van der Waals surface area contributed by atoms with Crippen LogP contribution in [-0.2, 0) is 20.5 Å². The first-order chi connectivity index (χ1) is 13.6. The summed E-state index contributed by atoms with van der Waals surface area (Å²) in [6.45, 7) is 2.74. The zero-order valence-corrected chi connectivity index (χ0v) is 15.6. The molecule has 0 bridgehead atoms. The fourth-order valence-corrected chi connectivity index (χ4v) is 2.31. The van der Waals surface area contributed by atoms with Crippen LogP contribution in [0, 0.1) is 0 Å². The maximum absolute atomic E-state index is 12.7. The number of nitrogens with one attached hydrogen (secondary N) is 1. The number of carbonyl (C=O) groups excluding carboxylic acids is 3. The third-order valence-corrected chi connectivity index (χ3v) is 3.82. The monoisotopic (exact) mass is 405 g/mol. The number of Topliss-reactive ketones (excluding diaryl/α,β-unsaturated/α-hetero) is 1. The number of hydrogen-bond donors (Lipinski definition) is 1. The lowest BCUT2D eigenvalue weighted by Crippen LogP contribution is -2.29. The van der Waals surface area contributed by atoms with Gasteiger partial charge in [-0.1, -0.05) is 24.3 Å². The summed E-state index contributed by atoms with van der Waals surface area (Å²) >= 11 is 0. The van der Waals surface area contributed by atoms with Gasteiger partial charge in [0.2, 0.25) is 0 Å². The van der Waals surface area contributed by atoms with Gasteiger partial charge in [0.1, 0.15) is 0 Å². The number of benzene rings is 2. The number of rotatable bonds is 6. The van der Waals surface area contributed by atoms with Gasteiger partial charge >= 0.3 is 12.1 Å². The van der Waals surface area contributed by atoms with Crippen LogP contribution in [0.5, 0.6) is 0 Å². The first-order valence-electron chi connectivity index (χ1n) is 8.54. The second-order valence-electron chi connectivity index (χ2n) is 6.16. The highest BCUT2D eigenvalue weighted by Gasteiger charge is 2.30. The number of ether oxygens (including phenoxy) is 1. The molecule has 5 nitrogen and oxygen atoms in total. The van der Waals surface area contributed by atoms with E-state index in [2.05, 4.69) is 5.32 Å². The molecular formula is C21H18F3NO4. The minimum atomic E-state index is -4.49. The number of hydrogen-bond acceptors (Lipinski definition) is 4. The molecule has 0 fully saturated rings. The largest absolute Gasteiger partial charge is 0.449 e. The average molecular weight is 405 g/mol. The van der Waals surface area contributed by atoms with E-state index in [0.717, 1.165) is 18.2 Å². The van der Waals surface area contributed by atoms with E-state index in [9.17, 15) is 27.6 Å². The Kier molecular flexibility index (Phi) is 6.93. The van der Waals surface area contributed by atoms with Crippen molar-refractivity contribution in [2.75, 3.05) is 5.32 Å². The highest BCUT2D eigenvalue weighted by atomic mass is 19.4. The molecule has 0 saturated carbocycles. The molecule has 1 amide bonds. The van der Waals surface area contributed by atoms with Gasteiger partial charge in [-0.25, -0.2) is 4.79 Å². The average Bonchev–Trinajstić information content (AvgIpc) is 2.66. The lowest BCUT2D eigenvalue weighted by atomic mass is 10.1. The van der Waals surface area contributed by atoms with E-state index in [1.54, 1.807) is 18.2 Å². The molecule has 1 N–H and O–H groups in total. The number of amides is 1. The summed E-state index contributed by atoms with van der Waals surface area (Å²) in [5.74, 6) is -1.67. The van der Waals surface area contributed by atoms with E-state index in [1.165, 1.54) is 38.1 Å². The fourth-order valence-electron chi connectivity index (χ4n) is 2.31. The van der Waals surface area contributed by atoms with Crippen LogP contribution in [0.15, 0.2) is 54.6 Å². The molecule has 0 unspecified atom stereocenters. The van der Waals surface area contributed by atoms with Crippen molar-refractivity contribution in [1.29, 1.82) is 0 Å². The van der Waals surface area contributed by atoms with Gasteiger partial charge < -0.3 is 10.1 Å². The van der Waals surface area contributed by atoms with Crippen molar-refractivity contribution >= 4 is 29.4 Å². The van der Waals surface area contributed by atoms with E-state index in [-0.39, 0.29) is 11.3 Å². The molecule has 2 aromatic rings. The van der Waals surface area contributed by atoms with Crippen LogP contribution in [0.1, 0.15) is 35.3 Å². The molecule has 2 rings (SSSR count). The van der Waals surface area contributed by atoms with Crippen LogP contribution in [0.3, 0.4) is 0 Å². The molecule has 0 heterocycles. The molecule has 0 aromatic heterocycles. The second-order valence-corrected chi connectivity index (χ2v) is 6.16. The first kappa shape index (κ1) is 21.9. The lowest BCUT2D eigenvalue weighted by Gasteiger charge is -2.12. The fraction of sp³-hybridized carbons (Fsp3) is 0.190. The maximum atomic E-state index is 12.7. The van der Waals surface area contributed by atoms with E-state index in [4.69, 9.17) is 4.74 Å². The summed E-state index contributed by atoms with van der Waals surface area (Å²) in [4.78, 5) is 35.4. The summed E-state index contributed by atoms with van der Waals surface area (Å²) in [6.07, 6.45) is -3.54. The summed E-state index contributed by atoms with van der Waals surface area (Å²) in [6, 6.07) is 10.7. The van der Waals surface area contributed by atoms with E-state index in [1.807, 2.05) is 0 Å². The molecule has 8 heteroatoms. The van der Waals surface area contributed by atoms with Crippen molar-refractivity contribution in [2.45, 2.75) is 26.1 Å². The normalized spacial score (nSPS) is 12.4. The molecule has 0 aliphatic carbocycles. The van der Waals surface area contributed by atoms with E-state index >= 15 is 0 Å². The number of esters is 1. The van der Waals surface area contributed by atoms with Crippen LogP contribution in [0.4, 0.5) is 18.9 Å². The predicted molar refractivity (Wildman–Crippen MR) is 101 cm³/mol. The van der Waals surface area contributed by atoms with Crippen LogP contribution < -0.4 is 5.32 Å². The van der Waals surface area contributed by atoms with Crippen molar-refractivity contribution in [3.63, 3.8) is 0 Å². The van der Waals surface area contributed by atoms with Gasteiger partial charge in [0.15, 0.2) is 11.9 Å². The standard InChI is InChI=1S/C21H18F3NO4/c1-13(26)16-6-4-8-18(12-16)25-20(28)14(2)29-19(27)10-9-15-5-3-7-17(11-15)21(22,23)24/h3-12,14H,1-2H3,(H,25,28)/b10-9+/t14-/m1/s1. The van der Waals surface area contributed by atoms with Gasteiger partial charge in [0, 0.05) is 17.3 Å². The smallest absolute Gasteiger partial charge is 0.416 e. The Balaban J connectivity index is 1.96. The Bertz CT molecular complexity index is 951. The number of ketones is 1. The molecule has 0 saturated heterocycles. The Morgan fingerprint density at radius 3 is 2.41 bits per heavy atom. The molecule has 29 heavy (non-hydrogen) atoms. The Morgan fingerprint density at radius 2 is 1.76 bits per heavy atom. The van der Waals surface area contributed by atoms with Crippen LogP contribution >= 0.6 is 0 Å². The molecule has 0 spiro atoms. The lowest BCUT2D eigenvalue weighted by molar-refractivity contribution is -0.148. The quantitative estimate of drug-likeness (QED) is 0.437. The third-order valence-electron chi connectivity index (χ3n) is 3.82. The molecule has 0 radical (unpaired) electrons. The summed E-state index contributed by atoms with van der Waals surface area (Å²) in [5, 5.41) is 2.52. The molecule has 0 aliphatic rings. The van der Waals surface area contributed by atoms with Gasteiger partial charge in [-0.15, -0.1) is 0 Å². The SMILES string of the molecule is CC(=O)c1cccc(NC(=O)[C@@H](C)OC(=O)/C=C/c2cccc(C(F)(F)F)c2)c1. The topological polar surface area (TPSA) is 72.5 Å². The van der Waals surface area contributed by atoms with Gasteiger partial charge in [-0.3, -0.25) is 9.59 Å². The highest BCUT2D eigenvalue weighted by molar-refractivity contribution is 5.99. The maximum Gasteiger partial charge on any atom is 0.416 e. The zero-order valence-electron chi connectivity index (χ0n) is 15.6. The molecular weight excluding hydrogens is 387 g/mol. The van der Waals surface area contributed by atoms with Crippen LogP contribution in [0.2, 0.25) is 0 Å².